The summed E-state index contributed by atoms with van der Waals surface area (Å²) in [5, 5.41) is 0.573. The van der Waals surface area contributed by atoms with Crippen LogP contribution in [0.5, 0.6) is 0 Å². The van der Waals surface area contributed by atoms with Gasteiger partial charge in [0.15, 0.2) is 6.10 Å². The smallest absolute Gasteiger partial charge is 0.312 e. The monoisotopic (exact) mass is 324 g/mol. The van der Waals surface area contributed by atoms with Crippen LogP contribution in [0.4, 0.5) is 0 Å². The SMILES string of the molecule is C[C@H](OC(=O)[C@H]1CC(=O)N(Cc2ccccc2Cl)C1)C(N)=O. The van der Waals surface area contributed by atoms with Gasteiger partial charge in [-0.15, -0.1) is 0 Å². The molecule has 1 heterocycles. The number of ether oxygens (including phenoxy) is 1. The van der Waals surface area contributed by atoms with E-state index in [0.717, 1.165) is 5.56 Å². The summed E-state index contributed by atoms with van der Waals surface area (Å²) in [5.41, 5.74) is 5.86. The average molecular weight is 325 g/mol. The first kappa shape index (κ1) is 16.3. The molecule has 0 radical (unpaired) electrons. The Balaban J connectivity index is 1.97. The standard InChI is InChI=1S/C15H17ClN2O4/c1-9(14(17)20)22-15(21)11-6-13(19)18(8-11)7-10-4-2-3-5-12(10)16/h2-5,9,11H,6-8H2,1H3,(H2,17,20)/t9-,11-/m0/s1. The summed E-state index contributed by atoms with van der Waals surface area (Å²) in [7, 11) is 0. The van der Waals surface area contributed by atoms with Crippen molar-refractivity contribution in [2.45, 2.75) is 26.0 Å². The Labute approximate surface area is 133 Å². The van der Waals surface area contributed by atoms with Crippen LogP contribution in [-0.2, 0) is 25.7 Å². The maximum Gasteiger partial charge on any atom is 0.312 e. The van der Waals surface area contributed by atoms with Crippen molar-refractivity contribution in [2.24, 2.45) is 11.7 Å². The lowest BCUT2D eigenvalue weighted by Crippen LogP contribution is -2.33. The van der Waals surface area contributed by atoms with Gasteiger partial charge in [0.05, 0.1) is 5.92 Å². The molecular formula is C15H17ClN2O4. The van der Waals surface area contributed by atoms with Crippen molar-refractivity contribution in [3.8, 4) is 0 Å². The third-order valence-corrected chi connectivity index (χ3v) is 3.93. The van der Waals surface area contributed by atoms with Gasteiger partial charge < -0.3 is 15.4 Å². The molecule has 1 aliphatic rings. The predicted octanol–water partition coefficient (Wildman–Crippen LogP) is 1.11. The summed E-state index contributed by atoms with van der Waals surface area (Å²) in [6, 6.07) is 7.22. The van der Waals surface area contributed by atoms with Crippen molar-refractivity contribution in [3.05, 3.63) is 34.9 Å². The minimum Gasteiger partial charge on any atom is -0.452 e. The van der Waals surface area contributed by atoms with Crippen LogP contribution in [0.25, 0.3) is 0 Å². The lowest BCUT2D eigenvalue weighted by atomic mass is 10.1. The van der Waals surface area contributed by atoms with Gasteiger partial charge >= 0.3 is 5.97 Å². The fraction of sp³-hybridized carbons (Fsp3) is 0.400. The Hall–Kier alpha value is -2.08. The minimum absolute atomic E-state index is 0.0643. The van der Waals surface area contributed by atoms with E-state index in [9.17, 15) is 14.4 Å². The van der Waals surface area contributed by atoms with E-state index in [4.69, 9.17) is 22.1 Å². The van der Waals surface area contributed by atoms with Crippen molar-refractivity contribution >= 4 is 29.4 Å². The number of primary amides is 1. The first-order chi connectivity index (χ1) is 10.4. The van der Waals surface area contributed by atoms with Crippen LogP contribution < -0.4 is 5.73 Å². The van der Waals surface area contributed by atoms with Crippen molar-refractivity contribution in [1.29, 1.82) is 0 Å². The zero-order chi connectivity index (χ0) is 16.3. The molecule has 0 aromatic heterocycles. The molecule has 1 fully saturated rings. The molecule has 1 saturated heterocycles. The Kier molecular flexibility index (Phi) is 5.03. The van der Waals surface area contributed by atoms with Crippen LogP contribution in [0, 0.1) is 5.92 Å². The first-order valence-corrected chi connectivity index (χ1v) is 7.27. The fourth-order valence-corrected chi connectivity index (χ4v) is 2.44. The van der Waals surface area contributed by atoms with E-state index in [1.54, 1.807) is 11.0 Å². The van der Waals surface area contributed by atoms with E-state index < -0.39 is 23.9 Å². The number of esters is 1. The molecule has 2 amide bonds. The lowest BCUT2D eigenvalue weighted by molar-refractivity contribution is -0.157. The highest BCUT2D eigenvalue weighted by molar-refractivity contribution is 6.31. The summed E-state index contributed by atoms with van der Waals surface area (Å²) in [6.45, 7) is 1.99. The first-order valence-electron chi connectivity index (χ1n) is 6.89. The van der Waals surface area contributed by atoms with Crippen molar-refractivity contribution < 1.29 is 19.1 Å². The molecule has 0 bridgehead atoms. The van der Waals surface area contributed by atoms with Crippen LogP contribution in [-0.4, -0.2) is 35.3 Å². The second-order valence-corrected chi connectivity index (χ2v) is 5.66. The Bertz CT molecular complexity index is 605. The highest BCUT2D eigenvalue weighted by Gasteiger charge is 2.36. The molecule has 1 aliphatic heterocycles. The summed E-state index contributed by atoms with van der Waals surface area (Å²) >= 11 is 6.07. The molecule has 0 saturated carbocycles. The predicted molar refractivity (Wildman–Crippen MR) is 79.7 cm³/mol. The molecule has 0 spiro atoms. The van der Waals surface area contributed by atoms with Gasteiger partial charge in [-0.3, -0.25) is 14.4 Å². The molecule has 1 aromatic rings. The van der Waals surface area contributed by atoms with Gasteiger partial charge in [0.2, 0.25) is 5.91 Å². The van der Waals surface area contributed by atoms with E-state index in [0.29, 0.717) is 11.6 Å². The second-order valence-electron chi connectivity index (χ2n) is 5.25. The van der Waals surface area contributed by atoms with E-state index >= 15 is 0 Å². The molecule has 6 nitrogen and oxygen atoms in total. The lowest BCUT2D eigenvalue weighted by Gasteiger charge is -2.17. The third kappa shape index (κ3) is 3.76. The molecule has 0 unspecified atom stereocenters. The molecule has 118 valence electrons. The van der Waals surface area contributed by atoms with Crippen LogP contribution >= 0.6 is 11.6 Å². The molecule has 2 rings (SSSR count). The highest BCUT2D eigenvalue weighted by atomic mass is 35.5. The Morgan fingerprint density at radius 2 is 2.14 bits per heavy atom. The quantitative estimate of drug-likeness (QED) is 0.821. The molecule has 0 aliphatic carbocycles. The van der Waals surface area contributed by atoms with E-state index in [1.165, 1.54) is 6.92 Å². The minimum atomic E-state index is -1.000. The fourth-order valence-electron chi connectivity index (χ4n) is 2.24. The number of nitrogens with two attached hydrogens (primary N) is 1. The van der Waals surface area contributed by atoms with E-state index in [1.807, 2.05) is 18.2 Å². The normalized spacial score (nSPS) is 19.1. The average Bonchev–Trinajstić information content (AvgIpc) is 2.82. The largest absolute Gasteiger partial charge is 0.452 e. The number of amides is 2. The van der Waals surface area contributed by atoms with Crippen LogP contribution in [0.1, 0.15) is 18.9 Å². The van der Waals surface area contributed by atoms with Gasteiger partial charge in [-0.2, -0.15) is 0 Å². The highest BCUT2D eigenvalue weighted by Crippen LogP contribution is 2.24. The van der Waals surface area contributed by atoms with Crippen LogP contribution in [0.2, 0.25) is 5.02 Å². The topological polar surface area (TPSA) is 89.7 Å². The zero-order valence-electron chi connectivity index (χ0n) is 12.1. The van der Waals surface area contributed by atoms with E-state index in [2.05, 4.69) is 0 Å². The summed E-state index contributed by atoms with van der Waals surface area (Å²) in [6.07, 6.45) is -0.936. The van der Waals surface area contributed by atoms with Gasteiger partial charge in [0.1, 0.15) is 0 Å². The maximum absolute atomic E-state index is 12.0. The molecule has 2 N–H and O–H groups in total. The number of hydrogen-bond acceptors (Lipinski definition) is 4. The zero-order valence-corrected chi connectivity index (χ0v) is 12.9. The summed E-state index contributed by atoms with van der Waals surface area (Å²) in [4.78, 5) is 36.4. The number of carbonyl (C=O) groups is 3. The number of hydrogen-bond donors (Lipinski definition) is 1. The van der Waals surface area contributed by atoms with Crippen molar-refractivity contribution in [1.82, 2.24) is 4.90 Å². The number of nitrogens with zero attached hydrogens (tertiary/aromatic N) is 1. The van der Waals surface area contributed by atoms with Gasteiger partial charge in [-0.1, -0.05) is 29.8 Å². The van der Waals surface area contributed by atoms with Gasteiger partial charge in [-0.25, -0.2) is 0 Å². The number of likely N-dealkylation sites (tertiary alicyclic amines) is 1. The maximum atomic E-state index is 12.0. The van der Waals surface area contributed by atoms with Gasteiger partial charge in [-0.05, 0) is 18.6 Å². The summed E-state index contributed by atoms with van der Waals surface area (Å²) in [5.74, 6) is -2.03. The van der Waals surface area contributed by atoms with Crippen molar-refractivity contribution in [3.63, 3.8) is 0 Å². The van der Waals surface area contributed by atoms with Gasteiger partial charge in [0, 0.05) is 24.5 Å². The molecule has 2 atom stereocenters. The Morgan fingerprint density at radius 1 is 1.45 bits per heavy atom. The molecule has 22 heavy (non-hydrogen) atoms. The second kappa shape index (κ2) is 6.79. The number of benzene rings is 1. The van der Waals surface area contributed by atoms with Gasteiger partial charge in [0.25, 0.3) is 5.91 Å². The van der Waals surface area contributed by atoms with Crippen LogP contribution in [0.15, 0.2) is 24.3 Å². The number of rotatable bonds is 5. The number of halogens is 1. The summed E-state index contributed by atoms with van der Waals surface area (Å²) < 4.78 is 4.95. The molecule has 1 aromatic carbocycles. The number of carbonyl (C=O) groups excluding carboxylic acids is 3. The molecule has 7 heteroatoms. The van der Waals surface area contributed by atoms with E-state index in [-0.39, 0.29) is 18.9 Å². The van der Waals surface area contributed by atoms with Crippen LogP contribution in [0.3, 0.4) is 0 Å². The molecular weight excluding hydrogens is 308 g/mol. The Morgan fingerprint density at radius 3 is 2.77 bits per heavy atom. The van der Waals surface area contributed by atoms with Crippen molar-refractivity contribution in [2.75, 3.05) is 6.54 Å². The third-order valence-electron chi connectivity index (χ3n) is 3.56.